The Hall–Kier alpha value is -3.18. The van der Waals surface area contributed by atoms with E-state index in [1.165, 1.54) is 11.3 Å². The van der Waals surface area contributed by atoms with Crippen molar-refractivity contribution in [1.29, 1.82) is 0 Å². The molecule has 2 amide bonds. The van der Waals surface area contributed by atoms with E-state index in [4.69, 9.17) is 5.73 Å². The van der Waals surface area contributed by atoms with E-state index >= 15 is 0 Å². The second-order valence-corrected chi connectivity index (χ2v) is 5.14. The summed E-state index contributed by atoms with van der Waals surface area (Å²) in [6, 6.07) is -0.334. The number of nitrogens with two attached hydrogens (primary N) is 1. The van der Waals surface area contributed by atoms with Gasteiger partial charge < -0.3 is 11.1 Å². The molecule has 0 fully saturated rings. The Labute approximate surface area is 137 Å². The highest BCUT2D eigenvalue weighted by Crippen LogP contribution is 2.16. The van der Waals surface area contributed by atoms with Crippen molar-refractivity contribution in [2.45, 2.75) is 0 Å². The first-order valence-electron chi connectivity index (χ1n) is 6.55. The summed E-state index contributed by atoms with van der Waals surface area (Å²) in [6.07, 6.45) is 9.83. The van der Waals surface area contributed by atoms with Crippen molar-refractivity contribution in [3.63, 3.8) is 0 Å². The van der Waals surface area contributed by atoms with Gasteiger partial charge in [0.2, 0.25) is 5.95 Å². The van der Waals surface area contributed by atoms with Crippen LogP contribution >= 0.6 is 11.3 Å². The number of hydrogen-bond acceptors (Lipinski definition) is 6. The quantitative estimate of drug-likeness (QED) is 0.586. The van der Waals surface area contributed by atoms with E-state index in [9.17, 15) is 4.79 Å². The van der Waals surface area contributed by atoms with Gasteiger partial charge in [-0.1, -0.05) is 42.1 Å². The molecule has 8 heteroatoms. The van der Waals surface area contributed by atoms with Gasteiger partial charge in [-0.15, -0.1) is 0 Å². The van der Waals surface area contributed by atoms with Gasteiger partial charge in [0, 0.05) is 18.9 Å². The maximum atomic E-state index is 11.6. The summed E-state index contributed by atoms with van der Waals surface area (Å²) in [4.78, 5) is 24.1. The predicted molar refractivity (Wildman–Crippen MR) is 90.9 cm³/mol. The first-order chi connectivity index (χ1) is 11.2. The molecule has 2 aromatic rings. The fourth-order valence-corrected chi connectivity index (χ4v) is 2.05. The third-order valence-corrected chi connectivity index (χ3v) is 3.21. The SMILES string of the molecule is C=C/C=C/CNC(=O)Nc1ncc(C#Cc2cnc(N)nc2)s1. The van der Waals surface area contributed by atoms with Crippen LogP contribution in [0.5, 0.6) is 0 Å². The molecular formula is C15H14N6OS. The Morgan fingerprint density at radius 3 is 2.83 bits per heavy atom. The molecule has 0 unspecified atom stereocenters. The number of nitrogens with one attached hydrogen (secondary N) is 2. The zero-order valence-electron chi connectivity index (χ0n) is 12.1. The Bertz CT molecular complexity index is 769. The van der Waals surface area contributed by atoms with Gasteiger partial charge in [-0.2, -0.15) is 0 Å². The van der Waals surface area contributed by atoms with E-state index in [1.807, 2.05) is 0 Å². The minimum Gasteiger partial charge on any atom is -0.368 e. The van der Waals surface area contributed by atoms with E-state index in [-0.39, 0.29) is 12.0 Å². The summed E-state index contributed by atoms with van der Waals surface area (Å²) in [6.45, 7) is 3.95. The highest BCUT2D eigenvalue weighted by molar-refractivity contribution is 7.16. The highest BCUT2D eigenvalue weighted by atomic mass is 32.1. The molecule has 0 spiro atoms. The predicted octanol–water partition coefficient (Wildman–Crippen LogP) is 1.78. The number of anilines is 2. The van der Waals surface area contributed by atoms with Crippen LogP contribution in [-0.4, -0.2) is 27.5 Å². The Morgan fingerprint density at radius 1 is 1.30 bits per heavy atom. The van der Waals surface area contributed by atoms with Crippen LogP contribution in [0.3, 0.4) is 0 Å². The Morgan fingerprint density at radius 2 is 2.09 bits per heavy atom. The highest BCUT2D eigenvalue weighted by Gasteiger charge is 2.04. The molecule has 0 radical (unpaired) electrons. The maximum absolute atomic E-state index is 11.6. The summed E-state index contributed by atoms with van der Waals surface area (Å²) >= 11 is 1.27. The first-order valence-corrected chi connectivity index (χ1v) is 7.37. The van der Waals surface area contributed by atoms with E-state index in [0.29, 0.717) is 22.1 Å². The summed E-state index contributed by atoms with van der Waals surface area (Å²) < 4.78 is 0. The minimum absolute atomic E-state index is 0.203. The molecule has 0 bridgehead atoms. The topological polar surface area (TPSA) is 106 Å². The number of nitrogen functional groups attached to an aromatic ring is 1. The molecule has 0 aliphatic rings. The van der Waals surface area contributed by atoms with Crippen LogP contribution in [0.1, 0.15) is 10.4 Å². The summed E-state index contributed by atoms with van der Waals surface area (Å²) in [5.41, 5.74) is 6.05. The Kier molecular flexibility index (Phi) is 5.85. The summed E-state index contributed by atoms with van der Waals surface area (Å²) in [7, 11) is 0. The molecule has 4 N–H and O–H groups in total. The Balaban J connectivity index is 1.90. The number of allylic oxidation sites excluding steroid dienone is 2. The lowest BCUT2D eigenvalue weighted by Gasteiger charge is -2.01. The first kappa shape index (κ1) is 16.2. The molecule has 0 aliphatic carbocycles. The van der Waals surface area contributed by atoms with E-state index in [1.54, 1.807) is 36.8 Å². The number of thiazole rings is 1. The van der Waals surface area contributed by atoms with Crippen molar-refractivity contribution in [2.24, 2.45) is 0 Å². The van der Waals surface area contributed by atoms with E-state index in [0.717, 1.165) is 0 Å². The van der Waals surface area contributed by atoms with Gasteiger partial charge in [0.25, 0.3) is 0 Å². The molecule has 0 saturated carbocycles. The number of carbonyl (C=O) groups is 1. The van der Waals surface area contributed by atoms with Crippen LogP contribution in [0.2, 0.25) is 0 Å². The maximum Gasteiger partial charge on any atom is 0.321 e. The number of hydrogen-bond donors (Lipinski definition) is 3. The molecule has 116 valence electrons. The van der Waals surface area contributed by atoms with Crippen molar-refractivity contribution in [3.05, 3.63) is 53.8 Å². The number of urea groups is 1. The van der Waals surface area contributed by atoms with Gasteiger partial charge >= 0.3 is 6.03 Å². The van der Waals surface area contributed by atoms with Crippen LogP contribution in [-0.2, 0) is 0 Å². The molecule has 0 aliphatic heterocycles. The fraction of sp³-hybridized carbons (Fsp3) is 0.0667. The molecule has 7 nitrogen and oxygen atoms in total. The molecule has 0 saturated heterocycles. The van der Waals surface area contributed by atoms with Crippen LogP contribution < -0.4 is 16.4 Å². The average molecular weight is 326 g/mol. The zero-order valence-corrected chi connectivity index (χ0v) is 12.9. The number of amides is 2. The van der Waals surface area contributed by atoms with E-state index in [2.05, 4.69) is 44.0 Å². The van der Waals surface area contributed by atoms with Crippen molar-refractivity contribution in [1.82, 2.24) is 20.3 Å². The minimum atomic E-state index is -0.334. The molecule has 2 heterocycles. The molecule has 2 aromatic heterocycles. The average Bonchev–Trinajstić information content (AvgIpc) is 2.98. The number of carbonyl (C=O) groups excluding carboxylic acids is 1. The van der Waals surface area contributed by atoms with Crippen molar-refractivity contribution in [2.75, 3.05) is 17.6 Å². The van der Waals surface area contributed by atoms with Crippen LogP contribution in [0.25, 0.3) is 0 Å². The lowest BCUT2D eigenvalue weighted by atomic mass is 10.3. The normalized spacial score (nSPS) is 9.91. The van der Waals surface area contributed by atoms with Crippen LogP contribution in [0, 0.1) is 11.8 Å². The molecule has 0 atom stereocenters. The van der Waals surface area contributed by atoms with Crippen molar-refractivity contribution in [3.8, 4) is 11.8 Å². The third-order valence-electron chi connectivity index (χ3n) is 2.38. The van der Waals surface area contributed by atoms with Gasteiger partial charge in [0.1, 0.15) is 0 Å². The molecule has 2 rings (SSSR count). The lowest BCUT2D eigenvalue weighted by molar-refractivity contribution is 0.253. The second kappa shape index (κ2) is 8.31. The van der Waals surface area contributed by atoms with Gasteiger partial charge in [-0.05, 0) is 5.92 Å². The van der Waals surface area contributed by atoms with Gasteiger partial charge in [-0.25, -0.2) is 19.7 Å². The van der Waals surface area contributed by atoms with Crippen molar-refractivity contribution >= 4 is 28.4 Å². The van der Waals surface area contributed by atoms with Gasteiger partial charge in [0.05, 0.1) is 16.6 Å². The number of nitrogens with zero attached hydrogens (tertiary/aromatic N) is 3. The largest absolute Gasteiger partial charge is 0.368 e. The summed E-state index contributed by atoms with van der Waals surface area (Å²) in [5.74, 6) is 6.02. The van der Waals surface area contributed by atoms with E-state index < -0.39 is 0 Å². The number of aromatic nitrogens is 3. The van der Waals surface area contributed by atoms with Crippen LogP contribution in [0.4, 0.5) is 15.9 Å². The fourth-order valence-electron chi connectivity index (χ4n) is 1.38. The molecular weight excluding hydrogens is 312 g/mol. The lowest BCUT2D eigenvalue weighted by Crippen LogP contribution is -2.28. The molecule has 23 heavy (non-hydrogen) atoms. The standard InChI is InChI=1S/C15H14N6OS/c1-2-3-4-7-17-14(22)21-15-20-10-12(23-15)6-5-11-8-18-13(16)19-9-11/h2-4,8-10H,1,7H2,(H2,16,18,19)(H2,17,20,21,22)/b4-3+. The van der Waals surface area contributed by atoms with Crippen molar-refractivity contribution < 1.29 is 4.79 Å². The third kappa shape index (κ3) is 5.61. The molecule has 0 aromatic carbocycles. The smallest absolute Gasteiger partial charge is 0.321 e. The zero-order chi connectivity index (χ0) is 16.5. The van der Waals surface area contributed by atoms with Gasteiger partial charge in [0.15, 0.2) is 5.13 Å². The number of rotatable bonds is 4. The summed E-state index contributed by atoms with van der Waals surface area (Å²) in [5, 5.41) is 5.76. The van der Waals surface area contributed by atoms with Crippen LogP contribution in [0.15, 0.2) is 43.4 Å². The second-order valence-electron chi connectivity index (χ2n) is 4.11. The van der Waals surface area contributed by atoms with Gasteiger partial charge in [-0.3, -0.25) is 5.32 Å². The monoisotopic (exact) mass is 326 g/mol.